The minimum atomic E-state index is -0.685. The van der Waals surface area contributed by atoms with Crippen molar-refractivity contribution in [2.75, 3.05) is 6.61 Å². The van der Waals surface area contributed by atoms with E-state index in [1.165, 1.54) is 6.07 Å². The van der Waals surface area contributed by atoms with Crippen LogP contribution in [0.3, 0.4) is 0 Å². The molecule has 1 aliphatic rings. The second-order valence-corrected chi connectivity index (χ2v) is 6.59. The lowest BCUT2D eigenvalue weighted by Crippen LogP contribution is -2.30. The number of halogens is 1. The Hall–Kier alpha value is -3.67. The van der Waals surface area contributed by atoms with E-state index < -0.39 is 30.2 Å². The third-order valence-corrected chi connectivity index (χ3v) is 4.70. The van der Waals surface area contributed by atoms with Gasteiger partial charge in [0.15, 0.2) is 6.61 Å². The van der Waals surface area contributed by atoms with Crippen molar-refractivity contribution < 1.29 is 23.5 Å². The van der Waals surface area contributed by atoms with E-state index in [0.29, 0.717) is 28.2 Å². The highest BCUT2D eigenvalue weighted by atomic mass is 19.1. The summed E-state index contributed by atoms with van der Waals surface area (Å²) in [5.41, 5.74) is 1.73. The number of carbonyl (C=O) groups excluding carboxylic acids is 2. The molecular formula is C23H18FNO4. The van der Waals surface area contributed by atoms with Crippen LogP contribution in [0.4, 0.5) is 4.39 Å². The SMILES string of the molecule is O=C(COC(=O)C1c2ccccc2Oc2ccccc21)NCc1ccccc1F. The molecular weight excluding hydrogens is 373 g/mol. The summed E-state index contributed by atoms with van der Waals surface area (Å²) in [6.45, 7) is -0.430. The molecule has 4 rings (SSSR count). The monoisotopic (exact) mass is 391 g/mol. The van der Waals surface area contributed by atoms with Gasteiger partial charge in [0.25, 0.3) is 5.91 Å². The zero-order chi connectivity index (χ0) is 20.2. The van der Waals surface area contributed by atoms with Gasteiger partial charge < -0.3 is 14.8 Å². The molecule has 29 heavy (non-hydrogen) atoms. The van der Waals surface area contributed by atoms with Gasteiger partial charge in [-0.2, -0.15) is 0 Å². The number of benzene rings is 3. The lowest BCUT2D eigenvalue weighted by atomic mass is 9.88. The molecule has 3 aromatic rings. The van der Waals surface area contributed by atoms with E-state index in [0.717, 1.165) is 0 Å². The highest BCUT2D eigenvalue weighted by Gasteiger charge is 2.33. The van der Waals surface area contributed by atoms with E-state index in [4.69, 9.17) is 9.47 Å². The van der Waals surface area contributed by atoms with Crippen LogP contribution < -0.4 is 10.1 Å². The molecule has 0 spiro atoms. The van der Waals surface area contributed by atoms with Gasteiger partial charge in [0.05, 0.1) is 0 Å². The Kier molecular flexibility index (Phi) is 5.24. The molecule has 1 amide bonds. The molecule has 5 nitrogen and oxygen atoms in total. The molecule has 0 bridgehead atoms. The smallest absolute Gasteiger partial charge is 0.318 e. The Bertz CT molecular complexity index is 1020. The van der Waals surface area contributed by atoms with Crippen LogP contribution in [-0.4, -0.2) is 18.5 Å². The highest BCUT2D eigenvalue weighted by Crippen LogP contribution is 2.44. The van der Waals surface area contributed by atoms with Gasteiger partial charge in [-0.15, -0.1) is 0 Å². The Balaban J connectivity index is 1.44. The summed E-state index contributed by atoms with van der Waals surface area (Å²) in [5.74, 6) is -0.977. The normalized spacial score (nSPS) is 12.3. The predicted molar refractivity (Wildman–Crippen MR) is 104 cm³/mol. The van der Waals surface area contributed by atoms with Gasteiger partial charge in [0.2, 0.25) is 0 Å². The average Bonchev–Trinajstić information content (AvgIpc) is 2.75. The molecule has 0 unspecified atom stereocenters. The average molecular weight is 391 g/mol. The molecule has 0 aliphatic carbocycles. The second kappa shape index (κ2) is 8.14. The first-order valence-electron chi connectivity index (χ1n) is 9.16. The maximum absolute atomic E-state index is 13.6. The van der Waals surface area contributed by atoms with Crippen molar-refractivity contribution in [3.05, 3.63) is 95.3 Å². The van der Waals surface area contributed by atoms with E-state index in [1.54, 1.807) is 42.5 Å². The summed E-state index contributed by atoms with van der Waals surface area (Å²) in [5, 5.41) is 2.56. The number of para-hydroxylation sites is 2. The minimum Gasteiger partial charge on any atom is -0.457 e. The number of hydrogen-bond donors (Lipinski definition) is 1. The van der Waals surface area contributed by atoms with Crippen molar-refractivity contribution in [3.8, 4) is 11.5 Å². The molecule has 1 N–H and O–H groups in total. The van der Waals surface area contributed by atoms with Crippen LogP contribution in [0.2, 0.25) is 0 Å². The van der Waals surface area contributed by atoms with Crippen LogP contribution in [0.15, 0.2) is 72.8 Å². The van der Waals surface area contributed by atoms with Crippen molar-refractivity contribution in [2.24, 2.45) is 0 Å². The van der Waals surface area contributed by atoms with Gasteiger partial charge in [0.1, 0.15) is 23.2 Å². The Morgan fingerprint density at radius 3 is 2.14 bits per heavy atom. The Morgan fingerprint density at radius 1 is 0.897 bits per heavy atom. The van der Waals surface area contributed by atoms with Crippen LogP contribution in [0.5, 0.6) is 11.5 Å². The largest absolute Gasteiger partial charge is 0.457 e. The number of ether oxygens (including phenoxy) is 2. The van der Waals surface area contributed by atoms with Gasteiger partial charge >= 0.3 is 5.97 Å². The maximum Gasteiger partial charge on any atom is 0.318 e. The van der Waals surface area contributed by atoms with Crippen molar-refractivity contribution in [3.63, 3.8) is 0 Å². The van der Waals surface area contributed by atoms with E-state index in [2.05, 4.69) is 5.32 Å². The lowest BCUT2D eigenvalue weighted by Gasteiger charge is -2.26. The van der Waals surface area contributed by atoms with Crippen LogP contribution in [-0.2, 0) is 20.9 Å². The second-order valence-electron chi connectivity index (χ2n) is 6.59. The molecule has 0 saturated heterocycles. The van der Waals surface area contributed by atoms with Crippen molar-refractivity contribution in [1.29, 1.82) is 0 Å². The number of hydrogen-bond acceptors (Lipinski definition) is 4. The molecule has 1 aliphatic heterocycles. The number of carbonyl (C=O) groups is 2. The van der Waals surface area contributed by atoms with Gasteiger partial charge in [-0.25, -0.2) is 4.39 Å². The van der Waals surface area contributed by atoms with Crippen molar-refractivity contribution in [2.45, 2.75) is 12.5 Å². The van der Waals surface area contributed by atoms with Gasteiger partial charge in [-0.3, -0.25) is 9.59 Å². The fourth-order valence-corrected chi connectivity index (χ4v) is 3.27. The molecule has 146 valence electrons. The van der Waals surface area contributed by atoms with Gasteiger partial charge in [-0.1, -0.05) is 54.6 Å². The number of fused-ring (bicyclic) bond motifs is 2. The summed E-state index contributed by atoms with van der Waals surface area (Å²) in [7, 11) is 0. The summed E-state index contributed by atoms with van der Waals surface area (Å²) in [6.07, 6.45) is 0. The molecule has 6 heteroatoms. The van der Waals surface area contributed by atoms with E-state index in [9.17, 15) is 14.0 Å². The number of nitrogens with one attached hydrogen (secondary N) is 1. The summed E-state index contributed by atoms with van der Waals surface area (Å²) in [4.78, 5) is 24.9. The van der Waals surface area contributed by atoms with Gasteiger partial charge in [0, 0.05) is 23.2 Å². The molecule has 0 fully saturated rings. The summed E-state index contributed by atoms with van der Waals surface area (Å²) in [6, 6.07) is 20.6. The van der Waals surface area contributed by atoms with E-state index >= 15 is 0 Å². The number of rotatable bonds is 5. The van der Waals surface area contributed by atoms with Crippen LogP contribution >= 0.6 is 0 Å². The highest BCUT2D eigenvalue weighted by molar-refractivity contribution is 5.87. The maximum atomic E-state index is 13.6. The first kappa shape index (κ1) is 18.7. The Labute approximate surface area is 167 Å². The fraction of sp³-hybridized carbons (Fsp3) is 0.130. The van der Waals surface area contributed by atoms with E-state index in [-0.39, 0.29) is 6.54 Å². The standard InChI is InChI=1S/C23H18FNO4/c24-18-10-4-1-7-15(18)13-25-21(26)14-28-23(27)22-16-8-2-5-11-19(16)29-20-12-6-3-9-17(20)22/h1-12,22H,13-14H2,(H,25,26). The van der Waals surface area contributed by atoms with E-state index in [1.807, 2.05) is 24.3 Å². The van der Waals surface area contributed by atoms with Gasteiger partial charge in [-0.05, 0) is 18.2 Å². The Morgan fingerprint density at radius 2 is 1.48 bits per heavy atom. The zero-order valence-electron chi connectivity index (χ0n) is 15.4. The van der Waals surface area contributed by atoms with Crippen molar-refractivity contribution >= 4 is 11.9 Å². The fourth-order valence-electron chi connectivity index (χ4n) is 3.27. The third-order valence-electron chi connectivity index (χ3n) is 4.70. The first-order chi connectivity index (χ1) is 14.1. The van der Waals surface area contributed by atoms with Crippen LogP contribution in [0.1, 0.15) is 22.6 Å². The molecule has 3 aromatic carbocycles. The molecule has 0 radical (unpaired) electrons. The minimum absolute atomic E-state index is 0.0198. The molecule has 0 aromatic heterocycles. The molecule has 1 heterocycles. The first-order valence-corrected chi connectivity index (χ1v) is 9.16. The molecule has 0 atom stereocenters. The third kappa shape index (κ3) is 3.96. The van der Waals surface area contributed by atoms with Crippen molar-refractivity contribution in [1.82, 2.24) is 5.32 Å². The summed E-state index contributed by atoms with van der Waals surface area (Å²) < 4.78 is 24.8. The lowest BCUT2D eigenvalue weighted by molar-refractivity contribution is -0.149. The number of amides is 1. The molecule has 0 saturated carbocycles. The quantitative estimate of drug-likeness (QED) is 0.670. The van der Waals surface area contributed by atoms with Crippen LogP contribution in [0.25, 0.3) is 0 Å². The topological polar surface area (TPSA) is 64.6 Å². The van der Waals surface area contributed by atoms with Crippen LogP contribution in [0, 0.1) is 5.82 Å². The predicted octanol–water partition coefficient (Wildman–Crippen LogP) is 3.92. The zero-order valence-corrected chi connectivity index (χ0v) is 15.4. The summed E-state index contributed by atoms with van der Waals surface area (Å²) >= 11 is 0. The number of esters is 1.